The molecule has 0 aromatic heterocycles. The van der Waals surface area contributed by atoms with Gasteiger partial charge in [0, 0.05) is 0 Å². The van der Waals surface area contributed by atoms with Crippen molar-refractivity contribution < 1.29 is 9.53 Å². The fourth-order valence-electron chi connectivity index (χ4n) is 1.93. The van der Waals surface area contributed by atoms with E-state index in [4.69, 9.17) is 10.5 Å². The third kappa shape index (κ3) is 2.80. The zero-order valence-corrected chi connectivity index (χ0v) is 10.4. The van der Waals surface area contributed by atoms with Crippen LogP contribution in [0.2, 0.25) is 0 Å². The lowest BCUT2D eigenvalue weighted by Crippen LogP contribution is -2.33. The lowest BCUT2D eigenvalue weighted by atomic mass is 10.1. The van der Waals surface area contributed by atoms with E-state index in [9.17, 15) is 4.79 Å². The normalized spacial score (nSPS) is 12.3. The second kappa shape index (κ2) is 5.54. The van der Waals surface area contributed by atoms with Gasteiger partial charge in [-0.2, -0.15) is 0 Å². The third-order valence-corrected chi connectivity index (χ3v) is 2.87. The molecule has 0 aliphatic rings. The molecule has 0 saturated carbocycles. The molecule has 0 fully saturated rings. The molecule has 2 aromatic rings. The number of fused-ring (bicyclic) bond motifs is 1. The molecule has 2 N–H and O–H groups in total. The molecule has 94 valence electrons. The fraction of sp³-hybridized carbons (Fsp3) is 0.267. The highest BCUT2D eigenvalue weighted by molar-refractivity contribution is 5.84. The number of hydrogen-bond acceptors (Lipinski definition) is 2. The maximum Gasteiger partial charge on any atom is 0.258 e. The smallest absolute Gasteiger partial charge is 0.258 e. The van der Waals surface area contributed by atoms with Crippen LogP contribution in [0.25, 0.3) is 10.8 Å². The predicted molar refractivity (Wildman–Crippen MR) is 72.5 cm³/mol. The Morgan fingerprint density at radius 3 is 2.61 bits per heavy atom. The van der Waals surface area contributed by atoms with Gasteiger partial charge in [0.25, 0.3) is 5.91 Å². The maximum absolute atomic E-state index is 11.3. The molecule has 0 aliphatic heterocycles. The summed E-state index contributed by atoms with van der Waals surface area (Å²) in [6.45, 7) is 2.00. The summed E-state index contributed by atoms with van der Waals surface area (Å²) in [5, 5.41) is 2.24. The number of benzene rings is 2. The third-order valence-electron chi connectivity index (χ3n) is 2.87. The summed E-state index contributed by atoms with van der Waals surface area (Å²) in [6.07, 6.45) is 0.958. The van der Waals surface area contributed by atoms with Gasteiger partial charge < -0.3 is 10.5 Å². The van der Waals surface area contributed by atoms with Gasteiger partial charge in [0.15, 0.2) is 6.10 Å². The molecule has 1 unspecified atom stereocenters. The van der Waals surface area contributed by atoms with Crippen molar-refractivity contribution in [2.45, 2.75) is 25.9 Å². The summed E-state index contributed by atoms with van der Waals surface area (Å²) < 4.78 is 5.65. The highest BCUT2D eigenvalue weighted by atomic mass is 16.5. The minimum absolute atomic E-state index is 0.412. The Labute approximate surface area is 107 Å². The first-order valence-corrected chi connectivity index (χ1v) is 6.15. The Morgan fingerprint density at radius 1 is 1.22 bits per heavy atom. The first-order valence-electron chi connectivity index (χ1n) is 6.15. The number of primary amides is 1. The van der Waals surface area contributed by atoms with Gasteiger partial charge >= 0.3 is 0 Å². The van der Waals surface area contributed by atoms with Crippen molar-refractivity contribution in [1.29, 1.82) is 0 Å². The molecular formula is C15H17NO2. The Balaban J connectivity index is 2.22. The van der Waals surface area contributed by atoms with Crippen LogP contribution < -0.4 is 10.5 Å². The Bertz CT molecular complexity index is 551. The van der Waals surface area contributed by atoms with Gasteiger partial charge in [0.2, 0.25) is 0 Å². The number of ether oxygens (including phenoxy) is 1. The second-order valence-corrected chi connectivity index (χ2v) is 4.31. The molecule has 0 heterocycles. The monoisotopic (exact) mass is 243 g/mol. The highest BCUT2D eigenvalue weighted by Crippen LogP contribution is 2.22. The van der Waals surface area contributed by atoms with E-state index < -0.39 is 12.0 Å². The number of hydrogen-bond donors (Lipinski definition) is 1. The Kier molecular flexibility index (Phi) is 3.82. The summed E-state index contributed by atoms with van der Waals surface area (Å²) in [4.78, 5) is 11.3. The highest BCUT2D eigenvalue weighted by Gasteiger charge is 2.15. The van der Waals surface area contributed by atoms with Crippen LogP contribution in [-0.2, 0) is 4.79 Å². The van der Waals surface area contributed by atoms with E-state index in [0.29, 0.717) is 12.2 Å². The molecule has 2 rings (SSSR count). The van der Waals surface area contributed by atoms with Gasteiger partial charge in [-0.1, -0.05) is 43.7 Å². The number of rotatable bonds is 5. The van der Waals surface area contributed by atoms with Gasteiger partial charge in [0.1, 0.15) is 5.75 Å². The van der Waals surface area contributed by atoms with Crippen LogP contribution in [0.5, 0.6) is 5.75 Å². The van der Waals surface area contributed by atoms with Crippen molar-refractivity contribution in [2.75, 3.05) is 0 Å². The van der Waals surface area contributed by atoms with E-state index >= 15 is 0 Å². The van der Waals surface area contributed by atoms with Crippen LogP contribution in [0.4, 0.5) is 0 Å². The van der Waals surface area contributed by atoms with Crippen molar-refractivity contribution in [1.82, 2.24) is 0 Å². The molecule has 0 bridgehead atoms. The molecule has 0 saturated heterocycles. The Morgan fingerprint density at radius 2 is 1.94 bits per heavy atom. The van der Waals surface area contributed by atoms with Gasteiger partial charge in [-0.05, 0) is 29.3 Å². The largest absolute Gasteiger partial charge is 0.481 e. The number of amides is 1. The van der Waals surface area contributed by atoms with Gasteiger partial charge in [-0.25, -0.2) is 0 Å². The van der Waals surface area contributed by atoms with E-state index in [1.54, 1.807) is 0 Å². The number of carbonyl (C=O) groups excluding carboxylic acids is 1. The lowest BCUT2D eigenvalue weighted by molar-refractivity contribution is -0.125. The van der Waals surface area contributed by atoms with Crippen molar-refractivity contribution >= 4 is 16.7 Å². The van der Waals surface area contributed by atoms with Crippen LogP contribution in [0.3, 0.4) is 0 Å². The quantitative estimate of drug-likeness (QED) is 0.877. The molecule has 1 amide bonds. The SMILES string of the molecule is CCCC(Oc1ccc2ccccc2c1)C(N)=O. The van der Waals surface area contributed by atoms with E-state index in [2.05, 4.69) is 0 Å². The predicted octanol–water partition coefficient (Wildman–Crippen LogP) is 2.87. The van der Waals surface area contributed by atoms with Crippen molar-refractivity contribution in [3.05, 3.63) is 42.5 Å². The molecule has 0 aliphatic carbocycles. The summed E-state index contributed by atoms with van der Waals surface area (Å²) in [7, 11) is 0. The molecule has 0 spiro atoms. The molecule has 3 heteroatoms. The first kappa shape index (κ1) is 12.4. The van der Waals surface area contributed by atoms with Crippen molar-refractivity contribution in [3.8, 4) is 5.75 Å². The lowest BCUT2D eigenvalue weighted by Gasteiger charge is -2.15. The van der Waals surface area contributed by atoms with Crippen LogP contribution >= 0.6 is 0 Å². The van der Waals surface area contributed by atoms with Gasteiger partial charge in [-0.3, -0.25) is 4.79 Å². The molecule has 18 heavy (non-hydrogen) atoms. The summed E-state index contributed by atoms with van der Waals surface area (Å²) in [6, 6.07) is 13.8. The fourth-order valence-corrected chi connectivity index (χ4v) is 1.93. The molecule has 0 radical (unpaired) electrons. The Hall–Kier alpha value is -2.03. The molecule has 2 aromatic carbocycles. The number of carbonyl (C=O) groups is 1. The van der Waals surface area contributed by atoms with E-state index in [1.807, 2.05) is 49.4 Å². The second-order valence-electron chi connectivity index (χ2n) is 4.31. The van der Waals surface area contributed by atoms with Crippen molar-refractivity contribution in [3.63, 3.8) is 0 Å². The van der Waals surface area contributed by atoms with Crippen LogP contribution in [0.15, 0.2) is 42.5 Å². The van der Waals surface area contributed by atoms with Crippen molar-refractivity contribution in [2.24, 2.45) is 5.73 Å². The molecule has 1 atom stereocenters. The topological polar surface area (TPSA) is 52.3 Å². The molecular weight excluding hydrogens is 226 g/mol. The van der Waals surface area contributed by atoms with Crippen LogP contribution in [0.1, 0.15) is 19.8 Å². The summed E-state index contributed by atoms with van der Waals surface area (Å²) in [5.41, 5.74) is 5.32. The average Bonchev–Trinajstić information content (AvgIpc) is 2.38. The number of nitrogens with two attached hydrogens (primary N) is 1. The van der Waals surface area contributed by atoms with Gasteiger partial charge in [-0.15, -0.1) is 0 Å². The van der Waals surface area contributed by atoms with Crippen LogP contribution in [-0.4, -0.2) is 12.0 Å². The van der Waals surface area contributed by atoms with E-state index in [1.165, 1.54) is 0 Å². The van der Waals surface area contributed by atoms with E-state index in [0.717, 1.165) is 17.2 Å². The summed E-state index contributed by atoms with van der Waals surface area (Å²) >= 11 is 0. The minimum atomic E-state index is -0.545. The van der Waals surface area contributed by atoms with Crippen LogP contribution in [0, 0.1) is 0 Å². The molecule has 3 nitrogen and oxygen atoms in total. The van der Waals surface area contributed by atoms with Gasteiger partial charge in [0.05, 0.1) is 0 Å². The zero-order valence-electron chi connectivity index (χ0n) is 10.4. The maximum atomic E-state index is 11.3. The van der Waals surface area contributed by atoms with E-state index in [-0.39, 0.29) is 0 Å². The standard InChI is InChI=1S/C15H17NO2/c1-2-5-14(15(16)17)18-13-9-8-11-6-3-4-7-12(11)10-13/h3-4,6-10,14H,2,5H2,1H3,(H2,16,17). The average molecular weight is 243 g/mol. The first-order chi connectivity index (χ1) is 8.70. The summed E-state index contributed by atoms with van der Waals surface area (Å²) in [5.74, 6) is 0.274. The minimum Gasteiger partial charge on any atom is -0.481 e. The zero-order chi connectivity index (χ0) is 13.0.